The third kappa shape index (κ3) is 9.88. The van der Waals surface area contributed by atoms with Crippen LogP contribution in [0.1, 0.15) is 80.1 Å². The van der Waals surface area contributed by atoms with Gasteiger partial charge in [0.1, 0.15) is 0 Å². The third-order valence-corrected chi connectivity index (χ3v) is 9.45. The zero-order valence-electron chi connectivity index (χ0n) is 22.2. The lowest BCUT2D eigenvalue weighted by atomic mass is 10.0. The fraction of sp³-hybridized carbons (Fsp3) is 0.913. The first-order chi connectivity index (χ1) is 16.1. The van der Waals surface area contributed by atoms with Crippen LogP contribution in [0.3, 0.4) is 0 Å². The van der Waals surface area contributed by atoms with Gasteiger partial charge >= 0.3 is 6.03 Å². The zero-order chi connectivity index (χ0) is 25.3. The molecule has 0 radical (unpaired) electrons. The Hall–Kier alpha value is -0.600. The van der Waals surface area contributed by atoms with E-state index in [2.05, 4.69) is 43.0 Å². The number of urea groups is 1. The summed E-state index contributed by atoms with van der Waals surface area (Å²) < 4.78 is 22.3. The van der Waals surface area contributed by atoms with Gasteiger partial charge in [-0.2, -0.15) is 11.8 Å². The van der Waals surface area contributed by atoms with Gasteiger partial charge in [-0.05, 0) is 73.6 Å². The minimum absolute atomic E-state index is 0.0346. The summed E-state index contributed by atoms with van der Waals surface area (Å²) in [5.41, 5.74) is 0. The number of carbonyl (C=O) groups is 2. The molecule has 0 aromatic carbocycles. The van der Waals surface area contributed by atoms with Crippen molar-refractivity contribution < 1.29 is 20.0 Å². The van der Waals surface area contributed by atoms with Crippen molar-refractivity contribution >= 4 is 32.2 Å². The van der Waals surface area contributed by atoms with E-state index in [1.165, 1.54) is 0 Å². The maximum absolute atomic E-state index is 12.2. The van der Waals surface area contributed by atoms with Gasteiger partial charge in [0.25, 0.3) is 8.53 Å². The molecule has 0 spiro atoms. The van der Waals surface area contributed by atoms with Gasteiger partial charge in [-0.1, -0.05) is 0 Å². The highest BCUT2D eigenvalue weighted by atomic mass is 32.2. The lowest BCUT2D eigenvalue weighted by Gasteiger charge is -2.36. The largest absolute Gasteiger partial charge is 0.356 e. The van der Waals surface area contributed by atoms with E-state index in [9.17, 15) is 9.59 Å². The lowest BCUT2D eigenvalue weighted by Crippen LogP contribution is -2.37. The normalized spacial score (nSPS) is 24.1. The highest BCUT2D eigenvalue weighted by molar-refractivity contribution is 8.00. The molecule has 2 heterocycles. The maximum Gasteiger partial charge on any atom is 0.315 e. The zero-order valence-corrected chi connectivity index (χ0v) is 22.9. The summed E-state index contributed by atoms with van der Waals surface area (Å²) in [4.78, 5) is 23.8. The smallest absolute Gasteiger partial charge is 0.315 e. The van der Waals surface area contributed by atoms with Crippen molar-refractivity contribution in [3.8, 4) is 0 Å². The Morgan fingerprint density at radius 3 is 2.61 bits per heavy atom. The SMILES string of the molecule is [2H]N1C(=O)NC2C(CCCC(=O)NCCCCCOP(OC(C)C)N(C(C)C)C(C)C)SCC21. The molecule has 33 heavy (non-hydrogen) atoms. The summed E-state index contributed by atoms with van der Waals surface area (Å²) in [7, 11) is -1.07. The Balaban J connectivity index is 1.54. The fourth-order valence-electron chi connectivity index (χ4n) is 4.21. The first-order valence-electron chi connectivity index (χ1n) is 12.9. The summed E-state index contributed by atoms with van der Waals surface area (Å²) in [6.45, 7) is 14.1. The van der Waals surface area contributed by atoms with Crippen LogP contribution in [0, 0.1) is 0 Å². The molecule has 3 amide bonds. The molecule has 0 saturated carbocycles. The minimum Gasteiger partial charge on any atom is -0.356 e. The summed E-state index contributed by atoms with van der Waals surface area (Å²) in [6.07, 6.45) is 5.20. The first kappa shape index (κ1) is 27.0. The van der Waals surface area contributed by atoms with E-state index >= 15 is 0 Å². The van der Waals surface area contributed by atoms with Crippen molar-refractivity contribution in [2.75, 3.05) is 18.9 Å². The maximum atomic E-state index is 12.2. The Bertz CT molecular complexity index is 638. The molecule has 3 N–H and O–H groups in total. The van der Waals surface area contributed by atoms with Crippen molar-refractivity contribution in [1.82, 2.24) is 20.6 Å². The quantitative estimate of drug-likeness (QED) is 0.164. The van der Waals surface area contributed by atoms with Crippen LogP contribution >= 0.6 is 20.3 Å². The summed E-state index contributed by atoms with van der Waals surface area (Å²) >= 11 is 1.80. The molecule has 2 aliphatic heterocycles. The van der Waals surface area contributed by atoms with E-state index in [-0.39, 0.29) is 30.1 Å². The van der Waals surface area contributed by atoms with Gasteiger partial charge in [0.15, 0.2) is 1.41 Å². The number of carbonyl (C=O) groups excluding carboxylic acids is 2. The molecule has 4 unspecified atom stereocenters. The molecule has 0 aromatic rings. The highest BCUT2D eigenvalue weighted by Crippen LogP contribution is 2.47. The van der Waals surface area contributed by atoms with Crippen LogP contribution in [0.25, 0.3) is 0 Å². The van der Waals surface area contributed by atoms with E-state index < -0.39 is 8.53 Å². The van der Waals surface area contributed by atoms with Crippen molar-refractivity contribution in [2.24, 2.45) is 0 Å². The second-order valence-corrected chi connectivity index (χ2v) is 12.3. The Morgan fingerprint density at radius 2 is 1.94 bits per heavy atom. The van der Waals surface area contributed by atoms with Crippen molar-refractivity contribution in [2.45, 2.75) is 116 Å². The minimum atomic E-state index is -1.07. The van der Waals surface area contributed by atoms with Crippen LogP contribution in [0.15, 0.2) is 0 Å². The van der Waals surface area contributed by atoms with Gasteiger partial charge in [-0.25, -0.2) is 9.46 Å². The molecule has 2 fully saturated rings. The molecule has 0 aliphatic carbocycles. The molecule has 2 saturated heterocycles. The van der Waals surface area contributed by atoms with Gasteiger partial charge in [-0.15, -0.1) is 0 Å². The van der Waals surface area contributed by atoms with E-state index in [0.717, 1.165) is 43.2 Å². The highest BCUT2D eigenvalue weighted by Gasteiger charge is 2.42. The molecular weight excluding hydrogens is 459 g/mol. The van der Waals surface area contributed by atoms with Crippen molar-refractivity contribution in [3.63, 3.8) is 0 Å². The van der Waals surface area contributed by atoms with E-state index in [0.29, 0.717) is 36.9 Å². The van der Waals surface area contributed by atoms with Crippen molar-refractivity contribution in [3.05, 3.63) is 0 Å². The number of rotatable bonds is 16. The van der Waals surface area contributed by atoms with Crippen LogP contribution in [-0.4, -0.2) is 71.0 Å². The number of hydrogen-bond donors (Lipinski definition) is 3. The van der Waals surface area contributed by atoms with Crippen LogP contribution in [-0.2, 0) is 13.8 Å². The first-order valence-corrected chi connectivity index (χ1v) is 14.6. The fourth-order valence-corrected chi connectivity index (χ4v) is 7.43. The Kier molecular flexibility index (Phi) is 12.0. The number of fused-ring (bicyclic) bond motifs is 1. The lowest BCUT2D eigenvalue weighted by molar-refractivity contribution is -0.121. The van der Waals surface area contributed by atoms with Crippen LogP contribution in [0.2, 0.25) is 1.41 Å². The van der Waals surface area contributed by atoms with Crippen molar-refractivity contribution in [1.29, 1.82) is 0 Å². The van der Waals surface area contributed by atoms with Gasteiger partial charge < -0.3 is 25.0 Å². The molecule has 2 aliphatic rings. The Morgan fingerprint density at radius 1 is 1.21 bits per heavy atom. The van der Waals surface area contributed by atoms with E-state index in [4.69, 9.17) is 10.5 Å². The number of unbranched alkanes of at least 4 members (excludes halogenated alkanes) is 2. The van der Waals surface area contributed by atoms with Crippen LogP contribution < -0.4 is 15.9 Å². The van der Waals surface area contributed by atoms with Gasteiger partial charge in [0.05, 0.1) is 24.8 Å². The van der Waals surface area contributed by atoms with Crippen LogP contribution in [0.5, 0.6) is 0 Å². The summed E-state index contributed by atoms with van der Waals surface area (Å²) in [5.74, 6) is 0.887. The standard InChI is InChI=1S/C23H45N4O4PS/c1-16(2)27(17(3)4)32(31-18(5)6)30-14-9-7-8-13-24-21(28)12-10-11-20-22-19(15-33-20)25-23(29)26-22/h16-20,22H,7-15H2,1-6H3,(H,24,28)(H2,25,26,29)/i/hD. The second kappa shape index (κ2) is 14.7. The average Bonchev–Trinajstić information content (AvgIpc) is 3.26. The molecule has 192 valence electrons. The number of amides is 3. The number of nitrogens with zero attached hydrogens (tertiary/aromatic N) is 1. The molecule has 8 nitrogen and oxygen atoms in total. The van der Waals surface area contributed by atoms with Gasteiger partial charge in [0.2, 0.25) is 5.91 Å². The summed E-state index contributed by atoms with van der Waals surface area (Å²) in [5, 5.41) is 7.29. The Labute approximate surface area is 207 Å². The number of nitrogens with one attached hydrogen (secondary N) is 3. The molecule has 10 heteroatoms. The molecule has 0 aromatic heterocycles. The predicted molar refractivity (Wildman–Crippen MR) is 137 cm³/mol. The monoisotopic (exact) mass is 505 g/mol. The van der Waals surface area contributed by atoms with Gasteiger partial charge in [0, 0.05) is 36.1 Å². The number of thioether (sulfide) groups is 1. The molecule has 4 atom stereocenters. The van der Waals surface area contributed by atoms with E-state index in [1.807, 2.05) is 13.8 Å². The molecule has 2 rings (SSSR count). The van der Waals surface area contributed by atoms with Crippen LogP contribution in [0.4, 0.5) is 4.79 Å². The predicted octanol–water partition coefficient (Wildman–Crippen LogP) is 4.40. The third-order valence-electron chi connectivity index (χ3n) is 5.65. The molecule has 0 bridgehead atoms. The average molecular weight is 506 g/mol. The summed E-state index contributed by atoms with van der Waals surface area (Å²) in [6, 6.07) is 0.425. The topological polar surface area (TPSA) is 91.9 Å². The number of hydrogen-bond acceptors (Lipinski definition) is 6. The van der Waals surface area contributed by atoms with E-state index in [1.54, 1.807) is 11.8 Å². The second-order valence-electron chi connectivity index (χ2n) is 9.64. The molecular formula is C23H45N4O4PS. The van der Waals surface area contributed by atoms with Gasteiger partial charge in [-0.3, -0.25) is 4.79 Å².